The van der Waals surface area contributed by atoms with Crippen LogP contribution in [0.25, 0.3) is 0 Å². The second kappa shape index (κ2) is 9.10. The van der Waals surface area contributed by atoms with Crippen LogP contribution < -0.4 is 14.4 Å². The maximum Gasteiger partial charge on any atom is 0.241 e. The first-order valence-corrected chi connectivity index (χ1v) is 11.0. The number of nitrogens with zero attached hydrogens (tertiary/aromatic N) is 1. The molecule has 0 aliphatic heterocycles. The van der Waals surface area contributed by atoms with E-state index in [1.807, 2.05) is 58.0 Å². The van der Waals surface area contributed by atoms with E-state index in [9.17, 15) is 13.2 Å². The molecule has 0 saturated carbocycles. The van der Waals surface area contributed by atoms with Crippen LogP contribution in [0.5, 0.6) is 5.75 Å². The monoisotopic (exact) mass is 404 g/mol. The fourth-order valence-electron chi connectivity index (χ4n) is 2.77. The van der Waals surface area contributed by atoms with Crippen molar-refractivity contribution in [3.8, 4) is 5.75 Å². The minimum absolute atomic E-state index is 0.0609. The summed E-state index contributed by atoms with van der Waals surface area (Å²) in [7, 11) is -3.60. The van der Waals surface area contributed by atoms with Gasteiger partial charge in [-0.15, -0.1) is 0 Å². The van der Waals surface area contributed by atoms with Gasteiger partial charge in [-0.2, -0.15) is 0 Å². The number of carbonyl (C=O) groups is 1. The summed E-state index contributed by atoms with van der Waals surface area (Å²) in [6.45, 7) is 7.67. The first kappa shape index (κ1) is 21.8. The third-order valence-electron chi connectivity index (χ3n) is 4.29. The van der Waals surface area contributed by atoms with Gasteiger partial charge < -0.3 is 10.1 Å². The lowest BCUT2D eigenvalue weighted by Gasteiger charge is -2.24. The van der Waals surface area contributed by atoms with Gasteiger partial charge in [-0.25, -0.2) is 8.42 Å². The third kappa shape index (κ3) is 5.99. The molecule has 6 nitrogen and oxygen atoms in total. The number of sulfonamides is 1. The summed E-state index contributed by atoms with van der Waals surface area (Å²) in [5.74, 6) is 0.358. The van der Waals surface area contributed by atoms with E-state index >= 15 is 0 Å². The quantitative estimate of drug-likeness (QED) is 0.733. The van der Waals surface area contributed by atoms with Crippen LogP contribution in [0.1, 0.15) is 30.5 Å². The van der Waals surface area contributed by atoms with E-state index in [4.69, 9.17) is 4.74 Å². The second-order valence-corrected chi connectivity index (χ2v) is 8.99. The average molecular weight is 405 g/mol. The van der Waals surface area contributed by atoms with Crippen molar-refractivity contribution in [3.63, 3.8) is 0 Å². The Bertz CT molecular complexity index is 939. The van der Waals surface area contributed by atoms with Crippen LogP contribution in [0.2, 0.25) is 0 Å². The van der Waals surface area contributed by atoms with Crippen LogP contribution in [-0.2, 0) is 21.4 Å². The molecule has 1 amide bonds. The van der Waals surface area contributed by atoms with Crippen LogP contribution in [0.3, 0.4) is 0 Å². The van der Waals surface area contributed by atoms with Crippen molar-refractivity contribution in [1.82, 2.24) is 5.32 Å². The summed E-state index contributed by atoms with van der Waals surface area (Å²) in [6, 6.07) is 12.9. The highest BCUT2D eigenvalue weighted by Crippen LogP contribution is 2.24. The van der Waals surface area contributed by atoms with Gasteiger partial charge in [-0.3, -0.25) is 9.10 Å². The summed E-state index contributed by atoms with van der Waals surface area (Å²) >= 11 is 0. The van der Waals surface area contributed by atoms with Crippen molar-refractivity contribution < 1.29 is 17.9 Å². The molecule has 0 atom stereocenters. The third-order valence-corrected chi connectivity index (χ3v) is 5.42. The first-order chi connectivity index (χ1) is 13.1. The van der Waals surface area contributed by atoms with Crippen molar-refractivity contribution in [2.24, 2.45) is 0 Å². The zero-order chi connectivity index (χ0) is 20.9. The van der Waals surface area contributed by atoms with Crippen LogP contribution in [-0.4, -0.2) is 33.2 Å². The van der Waals surface area contributed by atoms with Gasteiger partial charge in [0.1, 0.15) is 12.3 Å². The molecule has 0 spiro atoms. The Morgan fingerprint density at radius 2 is 1.82 bits per heavy atom. The van der Waals surface area contributed by atoms with E-state index in [0.29, 0.717) is 12.2 Å². The molecule has 0 radical (unpaired) electrons. The minimum atomic E-state index is -3.60. The smallest absolute Gasteiger partial charge is 0.241 e. The van der Waals surface area contributed by atoms with Crippen LogP contribution in [0, 0.1) is 13.8 Å². The topological polar surface area (TPSA) is 75.7 Å². The SMILES string of the molecule is Cc1cccc(N(CC(=O)NCc2cccc(OC(C)C)c2)S(C)(=O)=O)c1C. The molecule has 0 aromatic heterocycles. The molecule has 0 saturated heterocycles. The number of hydrogen-bond donors (Lipinski definition) is 1. The van der Waals surface area contributed by atoms with Gasteiger partial charge in [0.05, 0.1) is 18.0 Å². The van der Waals surface area contributed by atoms with Gasteiger partial charge >= 0.3 is 0 Å². The minimum Gasteiger partial charge on any atom is -0.491 e. The van der Waals surface area contributed by atoms with E-state index in [1.54, 1.807) is 12.1 Å². The zero-order valence-corrected chi connectivity index (χ0v) is 17.8. The Kier molecular flexibility index (Phi) is 7.07. The van der Waals surface area contributed by atoms with Crippen molar-refractivity contribution in [1.29, 1.82) is 0 Å². The Hall–Kier alpha value is -2.54. The molecule has 2 rings (SSSR count). The Morgan fingerprint density at radius 3 is 2.46 bits per heavy atom. The van der Waals surface area contributed by atoms with Crippen LogP contribution in [0.4, 0.5) is 5.69 Å². The lowest BCUT2D eigenvalue weighted by molar-refractivity contribution is -0.119. The molecule has 0 aliphatic rings. The van der Waals surface area contributed by atoms with Gasteiger partial charge in [0.2, 0.25) is 15.9 Å². The predicted molar refractivity (Wildman–Crippen MR) is 112 cm³/mol. The molecule has 7 heteroatoms. The molecule has 1 N–H and O–H groups in total. The number of aryl methyl sites for hydroxylation is 1. The highest BCUT2D eigenvalue weighted by Gasteiger charge is 2.22. The molecule has 0 heterocycles. The summed E-state index contributed by atoms with van der Waals surface area (Å²) < 4.78 is 31.4. The van der Waals surface area contributed by atoms with Crippen molar-refractivity contribution >= 4 is 21.6 Å². The molecule has 2 aromatic rings. The van der Waals surface area contributed by atoms with Gasteiger partial charge in [-0.05, 0) is 62.6 Å². The normalized spacial score (nSPS) is 11.4. The fourth-order valence-corrected chi connectivity index (χ4v) is 3.68. The molecule has 0 aliphatic carbocycles. The van der Waals surface area contributed by atoms with Crippen LogP contribution >= 0.6 is 0 Å². The van der Waals surface area contributed by atoms with Gasteiger partial charge in [0.15, 0.2) is 0 Å². The number of anilines is 1. The largest absolute Gasteiger partial charge is 0.491 e. The van der Waals surface area contributed by atoms with E-state index in [2.05, 4.69) is 5.32 Å². The fraction of sp³-hybridized carbons (Fsp3) is 0.381. The Morgan fingerprint density at radius 1 is 1.14 bits per heavy atom. The number of rotatable bonds is 8. The number of amides is 1. The Labute approximate surface area is 167 Å². The van der Waals surface area contributed by atoms with Gasteiger partial charge in [0, 0.05) is 6.54 Å². The van der Waals surface area contributed by atoms with Crippen molar-refractivity contribution in [3.05, 3.63) is 59.2 Å². The van der Waals surface area contributed by atoms with Gasteiger partial charge in [-0.1, -0.05) is 24.3 Å². The predicted octanol–water partition coefficient (Wildman–Crippen LogP) is 3.17. The molecular weight excluding hydrogens is 376 g/mol. The zero-order valence-electron chi connectivity index (χ0n) is 17.0. The summed E-state index contributed by atoms with van der Waals surface area (Å²) in [5, 5.41) is 2.79. The molecule has 0 unspecified atom stereocenters. The van der Waals surface area contributed by atoms with Crippen molar-refractivity contribution in [2.75, 3.05) is 17.1 Å². The lowest BCUT2D eigenvalue weighted by Crippen LogP contribution is -2.40. The van der Waals surface area contributed by atoms with E-state index < -0.39 is 10.0 Å². The maximum atomic E-state index is 12.5. The summed E-state index contributed by atoms with van der Waals surface area (Å²) in [6.07, 6.45) is 1.17. The van der Waals surface area contributed by atoms with E-state index in [0.717, 1.165) is 33.0 Å². The van der Waals surface area contributed by atoms with Crippen molar-refractivity contribution in [2.45, 2.75) is 40.3 Å². The second-order valence-electron chi connectivity index (χ2n) is 7.08. The summed E-state index contributed by atoms with van der Waals surface area (Å²) in [4.78, 5) is 12.5. The molecule has 28 heavy (non-hydrogen) atoms. The maximum absolute atomic E-state index is 12.5. The molecule has 0 bridgehead atoms. The molecule has 2 aromatic carbocycles. The number of benzene rings is 2. The van der Waals surface area contributed by atoms with Crippen LogP contribution in [0.15, 0.2) is 42.5 Å². The standard InChI is InChI=1S/C21H28N2O4S/c1-15(2)27-19-10-7-9-18(12-19)13-22-21(24)14-23(28(5,25)26)20-11-6-8-16(3)17(20)4/h6-12,15H,13-14H2,1-5H3,(H,22,24). The number of carbonyl (C=O) groups excluding carboxylic acids is 1. The molecule has 152 valence electrons. The highest BCUT2D eigenvalue weighted by atomic mass is 32.2. The first-order valence-electron chi connectivity index (χ1n) is 9.14. The lowest BCUT2D eigenvalue weighted by atomic mass is 10.1. The summed E-state index contributed by atoms with van der Waals surface area (Å²) in [5.41, 5.74) is 3.20. The van der Waals surface area contributed by atoms with Gasteiger partial charge in [0.25, 0.3) is 0 Å². The molecule has 0 fully saturated rings. The van der Waals surface area contributed by atoms with E-state index in [1.165, 1.54) is 0 Å². The van der Waals surface area contributed by atoms with E-state index in [-0.39, 0.29) is 18.6 Å². The number of hydrogen-bond acceptors (Lipinski definition) is 4. The molecular formula is C21H28N2O4S. The number of ether oxygens (including phenoxy) is 1. The average Bonchev–Trinajstić information content (AvgIpc) is 2.59. The number of nitrogens with one attached hydrogen (secondary N) is 1. The Balaban J connectivity index is 2.10. The highest BCUT2D eigenvalue weighted by molar-refractivity contribution is 7.92.